The van der Waals surface area contributed by atoms with Gasteiger partial charge in [-0.2, -0.15) is 0 Å². The SMILES string of the molecule is CCC(=O)O[C@H]1CC[C@]2(C)C3=CC[C@]4(C)C([C@@]5(C)CC[C@H](C(C)(C)O)O5)[C@@H](O)C[C@]4(C)C3C[C@@H](OC(=O)CC)C2C1(C)C. The predicted molar refractivity (Wildman–Crippen MR) is 165 cm³/mol. The second-order valence-corrected chi connectivity index (χ2v) is 16.8. The molecule has 7 heteroatoms. The zero-order chi connectivity index (χ0) is 32.0. The summed E-state index contributed by atoms with van der Waals surface area (Å²) in [6.07, 6.45) is 7.21. The lowest BCUT2D eigenvalue weighted by molar-refractivity contribution is -0.204. The van der Waals surface area contributed by atoms with Crippen LogP contribution in [0.1, 0.15) is 127 Å². The molecule has 244 valence electrons. The van der Waals surface area contributed by atoms with Crippen molar-refractivity contribution >= 4 is 11.9 Å². The lowest BCUT2D eigenvalue weighted by atomic mass is 9.40. The van der Waals surface area contributed by atoms with Gasteiger partial charge in [-0.1, -0.05) is 60.1 Å². The van der Waals surface area contributed by atoms with E-state index < -0.39 is 17.3 Å². The molecule has 0 aromatic carbocycles. The normalized spacial score (nSPS) is 47.2. The summed E-state index contributed by atoms with van der Waals surface area (Å²) in [5.41, 5.74) is -1.14. The molecule has 2 N–H and O–H groups in total. The summed E-state index contributed by atoms with van der Waals surface area (Å²) in [5, 5.41) is 22.7. The maximum atomic E-state index is 12.9. The number of ether oxygens (including phenoxy) is 3. The number of fused-ring (bicyclic) bond motifs is 5. The van der Waals surface area contributed by atoms with E-state index in [1.165, 1.54) is 5.57 Å². The van der Waals surface area contributed by atoms with Crippen molar-refractivity contribution < 1.29 is 34.0 Å². The monoisotopic (exact) mass is 602 g/mol. The van der Waals surface area contributed by atoms with Crippen LogP contribution in [0.4, 0.5) is 0 Å². The van der Waals surface area contributed by atoms with Gasteiger partial charge in [0.1, 0.15) is 12.2 Å². The number of hydrogen-bond acceptors (Lipinski definition) is 7. The fraction of sp³-hybridized carbons (Fsp3) is 0.889. The molecule has 0 spiro atoms. The van der Waals surface area contributed by atoms with E-state index in [4.69, 9.17) is 14.2 Å². The Morgan fingerprint density at radius 2 is 1.58 bits per heavy atom. The molecule has 7 nitrogen and oxygen atoms in total. The number of aliphatic hydroxyl groups excluding tert-OH is 1. The molecule has 0 bridgehead atoms. The number of allylic oxidation sites excluding steroid dienone is 2. The molecule has 4 aliphatic carbocycles. The number of aliphatic hydroxyl groups is 2. The smallest absolute Gasteiger partial charge is 0.305 e. The van der Waals surface area contributed by atoms with Crippen molar-refractivity contribution in [3.8, 4) is 0 Å². The molecular formula is C36H58O7. The number of rotatable bonds is 6. The largest absolute Gasteiger partial charge is 0.462 e. The van der Waals surface area contributed by atoms with Gasteiger partial charge < -0.3 is 24.4 Å². The lowest BCUT2D eigenvalue weighted by Crippen LogP contribution is -2.63. The zero-order valence-electron chi connectivity index (χ0n) is 28.4. The van der Waals surface area contributed by atoms with Crippen molar-refractivity contribution in [2.24, 2.45) is 39.4 Å². The van der Waals surface area contributed by atoms with Crippen LogP contribution >= 0.6 is 0 Å². The molecule has 5 aliphatic rings. The van der Waals surface area contributed by atoms with Gasteiger partial charge in [-0.25, -0.2) is 0 Å². The van der Waals surface area contributed by atoms with Gasteiger partial charge in [0.15, 0.2) is 0 Å². The van der Waals surface area contributed by atoms with Crippen LogP contribution in [0.15, 0.2) is 11.6 Å². The second-order valence-electron chi connectivity index (χ2n) is 16.8. The minimum absolute atomic E-state index is 0.000266. The molecule has 0 amide bonds. The third-order valence-electron chi connectivity index (χ3n) is 13.5. The average molecular weight is 603 g/mol. The standard InChI is InChI=1S/C36H58O7/c1-11-27(38)41-24-19-22-21(33(7)16-14-25(42-28(39)12-2)31(3,4)30(24)33)13-17-34(8)29(23(37)20-35(22,34)9)36(10)18-15-26(43-36)32(5,6)40/h13,22-26,29-30,37,40H,11-12,14-20H2,1-10H3/t22?,23-,24+,25-,26+,29?,30?,33+,34+,35+,36+/m0/s1. The summed E-state index contributed by atoms with van der Waals surface area (Å²) in [5.74, 6) is -0.320. The van der Waals surface area contributed by atoms with Crippen LogP contribution in [-0.4, -0.2) is 57.8 Å². The molecule has 4 fully saturated rings. The first-order valence-corrected chi connectivity index (χ1v) is 17.0. The van der Waals surface area contributed by atoms with Crippen LogP contribution in [0, 0.1) is 39.4 Å². The van der Waals surface area contributed by atoms with Crippen molar-refractivity contribution in [3.05, 3.63) is 11.6 Å². The number of carbonyl (C=O) groups excluding carboxylic acids is 2. The molecule has 0 aromatic heterocycles. The summed E-state index contributed by atoms with van der Waals surface area (Å²) in [4.78, 5) is 25.4. The van der Waals surface area contributed by atoms with Crippen LogP contribution in [-0.2, 0) is 23.8 Å². The third-order valence-corrected chi connectivity index (χ3v) is 13.5. The number of hydrogen-bond donors (Lipinski definition) is 2. The van der Waals surface area contributed by atoms with E-state index in [0.717, 1.165) is 32.1 Å². The topological polar surface area (TPSA) is 102 Å². The first kappa shape index (κ1) is 32.9. The van der Waals surface area contributed by atoms with E-state index in [1.54, 1.807) is 0 Å². The molecule has 0 radical (unpaired) electrons. The first-order chi connectivity index (χ1) is 19.8. The van der Waals surface area contributed by atoms with Gasteiger partial charge in [-0.3, -0.25) is 9.59 Å². The molecule has 43 heavy (non-hydrogen) atoms. The highest BCUT2D eigenvalue weighted by molar-refractivity contribution is 5.69. The Labute approximate surface area is 259 Å². The Kier molecular flexibility index (Phi) is 8.08. The van der Waals surface area contributed by atoms with Gasteiger partial charge >= 0.3 is 11.9 Å². The average Bonchev–Trinajstić information content (AvgIpc) is 3.40. The molecule has 3 unspecified atom stereocenters. The van der Waals surface area contributed by atoms with Gasteiger partial charge in [-0.05, 0) is 87.9 Å². The second kappa shape index (κ2) is 10.6. The van der Waals surface area contributed by atoms with E-state index in [0.29, 0.717) is 25.7 Å². The van der Waals surface area contributed by atoms with Crippen LogP contribution in [0.25, 0.3) is 0 Å². The molecule has 1 aliphatic heterocycles. The summed E-state index contributed by atoms with van der Waals surface area (Å²) in [7, 11) is 0. The van der Waals surface area contributed by atoms with Crippen LogP contribution < -0.4 is 0 Å². The number of esters is 2. The highest BCUT2D eigenvalue weighted by Gasteiger charge is 2.72. The highest BCUT2D eigenvalue weighted by Crippen LogP contribution is 2.74. The molecule has 3 saturated carbocycles. The summed E-state index contributed by atoms with van der Waals surface area (Å²) < 4.78 is 19.1. The molecule has 1 heterocycles. The molecule has 11 atom stereocenters. The van der Waals surface area contributed by atoms with Crippen LogP contribution in [0.5, 0.6) is 0 Å². The van der Waals surface area contributed by atoms with E-state index in [1.807, 2.05) is 27.7 Å². The Morgan fingerprint density at radius 1 is 0.953 bits per heavy atom. The van der Waals surface area contributed by atoms with E-state index in [2.05, 4.69) is 47.6 Å². The van der Waals surface area contributed by atoms with Gasteiger partial charge in [0.05, 0.1) is 23.4 Å². The fourth-order valence-electron chi connectivity index (χ4n) is 11.3. The third kappa shape index (κ3) is 4.85. The molecule has 5 rings (SSSR count). The number of carbonyl (C=O) groups is 2. The van der Waals surface area contributed by atoms with E-state index in [-0.39, 0.29) is 69.7 Å². The fourth-order valence-corrected chi connectivity index (χ4v) is 11.3. The van der Waals surface area contributed by atoms with Crippen molar-refractivity contribution in [3.63, 3.8) is 0 Å². The summed E-state index contributed by atoms with van der Waals surface area (Å²) >= 11 is 0. The first-order valence-electron chi connectivity index (χ1n) is 17.0. The van der Waals surface area contributed by atoms with Gasteiger partial charge in [0.2, 0.25) is 0 Å². The van der Waals surface area contributed by atoms with Crippen molar-refractivity contribution in [2.75, 3.05) is 0 Å². The zero-order valence-corrected chi connectivity index (χ0v) is 28.4. The Balaban J connectivity index is 1.56. The Bertz CT molecular complexity index is 1150. The van der Waals surface area contributed by atoms with Crippen molar-refractivity contribution in [1.82, 2.24) is 0 Å². The maximum absolute atomic E-state index is 12.9. The predicted octanol–water partition coefficient (Wildman–Crippen LogP) is 6.52. The maximum Gasteiger partial charge on any atom is 0.305 e. The minimum Gasteiger partial charge on any atom is -0.462 e. The van der Waals surface area contributed by atoms with Crippen LogP contribution in [0.2, 0.25) is 0 Å². The minimum atomic E-state index is -0.939. The highest BCUT2D eigenvalue weighted by atomic mass is 16.6. The van der Waals surface area contributed by atoms with Gasteiger partial charge in [-0.15, -0.1) is 0 Å². The lowest BCUT2D eigenvalue weighted by Gasteiger charge is -2.65. The quantitative estimate of drug-likeness (QED) is 0.263. The van der Waals surface area contributed by atoms with Crippen LogP contribution in [0.3, 0.4) is 0 Å². The van der Waals surface area contributed by atoms with Crippen molar-refractivity contribution in [2.45, 2.75) is 163 Å². The molecular weight excluding hydrogens is 544 g/mol. The Hall–Kier alpha value is -1.44. The van der Waals surface area contributed by atoms with Gasteiger partial charge in [0, 0.05) is 30.1 Å². The summed E-state index contributed by atoms with van der Waals surface area (Å²) in [6.45, 7) is 20.9. The van der Waals surface area contributed by atoms with Gasteiger partial charge in [0.25, 0.3) is 0 Å². The van der Waals surface area contributed by atoms with E-state index in [9.17, 15) is 19.8 Å². The van der Waals surface area contributed by atoms with Crippen molar-refractivity contribution in [1.29, 1.82) is 0 Å². The van der Waals surface area contributed by atoms with E-state index >= 15 is 0 Å². The molecule has 1 saturated heterocycles. The summed E-state index contributed by atoms with van der Waals surface area (Å²) in [6, 6.07) is 0. The Morgan fingerprint density at radius 3 is 2.16 bits per heavy atom. The molecule has 0 aromatic rings.